The number of nitrogens with zero attached hydrogens (tertiary/aromatic N) is 7. The fourth-order valence-electron chi connectivity index (χ4n) is 5.69. The number of carbonyl (C=O) groups excluding carboxylic acids is 1. The van der Waals surface area contributed by atoms with Crippen LogP contribution in [0.5, 0.6) is 11.5 Å². The summed E-state index contributed by atoms with van der Waals surface area (Å²) in [6.07, 6.45) is 6.90. The van der Waals surface area contributed by atoms with Crippen molar-refractivity contribution in [3.05, 3.63) is 143 Å². The Labute approximate surface area is 297 Å². The van der Waals surface area contributed by atoms with Crippen molar-refractivity contribution in [3.63, 3.8) is 0 Å². The van der Waals surface area contributed by atoms with Crippen molar-refractivity contribution in [2.45, 2.75) is 20.0 Å². The molecule has 0 spiro atoms. The van der Waals surface area contributed by atoms with Crippen molar-refractivity contribution in [3.8, 4) is 28.4 Å². The minimum absolute atomic E-state index is 0.122. The lowest BCUT2D eigenvalue weighted by Crippen LogP contribution is -2.24. The SMILES string of the molecule is COc1ccc(CN(Cc2ccc(OC)cc2)c2ncnn3c(-c4cnn(-c5cc(NC(=O)c6ccc(F)c(Cl)c6)ccc5C)c4)cnc23)cc1. The fourth-order valence-corrected chi connectivity index (χ4v) is 5.88. The molecule has 3 aromatic heterocycles. The van der Waals surface area contributed by atoms with Gasteiger partial charge in [0.1, 0.15) is 23.6 Å². The van der Waals surface area contributed by atoms with E-state index in [2.05, 4.69) is 20.4 Å². The molecule has 7 aromatic rings. The molecule has 0 unspecified atom stereocenters. The maximum atomic E-state index is 13.6. The van der Waals surface area contributed by atoms with Gasteiger partial charge in [-0.1, -0.05) is 41.9 Å². The Bertz CT molecular complexity index is 2290. The van der Waals surface area contributed by atoms with Crippen LogP contribution in [0.3, 0.4) is 0 Å². The molecule has 256 valence electrons. The van der Waals surface area contributed by atoms with Gasteiger partial charge in [0, 0.05) is 36.1 Å². The van der Waals surface area contributed by atoms with Gasteiger partial charge < -0.3 is 19.7 Å². The van der Waals surface area contributed by atoms with Crippen molar-refractivity contribution in [1.29, 1.82) is 0 Å². The monoisotopic (exact) mass is 702 g/mol. The number of carbonyl (C=O) groups is 1. The summed E-state index contributed by atoms with van der Waals surface area (Å²) in [6, 6.07) is 25.2. The molecule has 0 fully saturated rings. The number of hydrogen-bond donors (Lipinski definition) is 1. The van der Waals surface area contributed by atoms with Crippen LogP contribution >= 0.6 is 11.6 Å². The van der Waals surface area contributed by atoms with Gasteiger partial charge in [-0.25, -0.2) is 23.6 Å². The van der Waals surface area contributed by atoms with Crippen molar-refractivity contribution >= 4 is 34.7 Å². The minimum Gasteiger partial charge on any atom is -0.497 e. The van der Waals surface area contributed by atoms with Gasteiger partial charge in [0.2, 0.25) is 0 Å². The Morgan fingerprint density at radius 3 is 2.20 bits per heavy atom. The molecule has 11 nitrogen and oxygen atoms in total. The molecule has 0 aliphatic heterocycles. The Balaban J connectivity index is 1.18. The van der Waals surface area contributed by atoms with Crippen molar-refractivity contribution < 1.29 is 18.7 Å². The number of halogens is 2. The Morgan fingerprint density at radius 2 is 1.55 bits per heavy atom. The quantitative estimate of drug-likeness (QED) is 0.147. The Morgan fingerprint density at radius 1 is 0.863 bits per heavy atom. The number of rotatable bonds is 11. The lowest BCUT2D eigenvalue weighted by Gasteiger charge is -2.24. The zero-order chi connectivity index (χ0) is 35.5. The number of fused-ring (bicyclic) bond motifs is 1. The first-order valence-electron chi connectivity index (χ1n) is 15.9. The fraction of sp³-hybridized carbons (Fsp3) is 0.132. The van der Waals surface area contributed by atoms with Crippen molar-refractivity contribution in [2.75, 3.05) is 24.4 Å². The first-order chi connectivity index (χ1) is 24.8. The highest BCUT2D eigenvalue weighted by molar-refractivity contribution is 6.31. The number of aromatic nitrogens is 6. The summed E-state index contributed by atoms with van der Waals surface area (Å²) in [7, 11) is 3.30. The summed E-state index contributed by atoms with van der Waals surface area (Å²) < 4.78 is 27.8. The third-order valence-electron chi connectivity index (χ3n) is 8.42. The number of aryl methyl sites for hydroxylation is 1. The lowest BCUT2D eigenvalue weighted by atomic mass is 10.1. The summed E-state index contributed by atoms with van der Waals surface area (Å²) >= 11 is 5.89. The van der Waals surface area contributed by atoms with E-state index in [1.807, 2.05) is 73.8 Å². The van der Waals surface area contributed by atoms with Gasteiger partial charge >= 0.3 is 0 Å². The number of imidazole rings is 1. The van der Waals surface area contributed by atoms with Gasteiger partial charge in [-0.05, 0) is 78.2 Å². The third kappa shape index (κ3) is 7.08. The van der Waals surface area contributed by atoms with E-state index in [1.165, 1.54) is 18.5 Å². The number of amides is 1. The number of methoxy groups -OCH3 is 2. The van der Waals surface area contributed by atoms with Gasteiger partial charge in [0.25, 0.3) is 5.91 Å². The molecule has 4 aromatic carbocycles. The summed E-state index contributed by atoms with van der Waals surface area (Å²) in [6.45, 7) is 3.07. The smallest absolute Gasteiger partial charge is 0.255 e. The summed E-state index contributed by atoms with van der Waals surface area (Å²) in [5.41, 5.74) is 6.71. The van der Waals surface area contributed by atoms with E-state index in [-0.39, 0.29) is 10.6 Å². The number of nitrogens with one attached hydrogen (secondary N) is 1. The predicted octanol–water partition coefficient (Wildman–Crippen LogP) is 7.55. The molecule has 0 bridgehead atoms. The second kappa shape index (κ2) is 14.3. The van der Waals surface area contributed by atoms with Crippen LogP contribution in [0.1, 0.15) is 27.0 Å². The van der Waals surface area contributed by atoms with E-state index in [0.29, 0.717) is 30.2 Å². The van der Waals surface area contributed by atoms with Crippen LogP contribution in [0.2, 0.25) is 5.02 Å². The normalized spacial score (nSPS) is 11.1. The zero-order valence-corrected chi connectivity index (χ0v) is 28.7. The van der Waals surface area contributed by atoms with E-state index in [0.717, 1.165) is 51.2 Å². The molecule has 0 aliphatic rings. The number of hydrogen-bond acceptors (Lipinski definition) is 8. The van der Waals surface area contributed by atoms with Crippen LogP contribution < -0.4 is 19.7 Å². The molecule has 7 rings (SSSR count). The molecule has 3 heterocycles. The summed E-state index contributed by atoms with van der Waals surface area (Å²) in [4.78, 5) is 24.5. The molecular weight excluding hydrogens is 671 g/mol. The van der Waals surface area contributed by atoms with Gasteiger partial charge in [0.15, 0.2) is 11.5 Å². The predicted molar refractivity (Wildman–Crippen MR) is 193 cm³/mol. The van der Waals surface area contributed by atoms with E-state index < -0.39 is 11.7 Å². The molecule has 1 amide bonds. The highest BCUT2D eigenvalue weighted by Crippen LogP contribution is 2.29. The molecule has 1 N–H and O–H groups in total. The van der Waals surface area contributed by atoms with Crippen LogP contribution in [-0.2, 0) is 13.1 Å². The Kier molecular flexibility index (Phi) is 9.32. The number of benzene rings is 4. The van der Waals surface area contributed by atoms with Crippen molar-refractivity contribution in [1.82, 2.24) is 29.4 Å². The van der Waals surface area contributed by atoms with Crippen LogP contribution in [0.4, 0.5) is 15.9 Å². The van der Waals surface area contributed by atoms with Crippen LogP contribution in [-0.4, -0.2) is 49.5 Å². The average molecular weight is 703 g/mol. The lowest BCUT2D eigenvalue weighted by molar-refractivity contribution is 0.102. The highest BCUT2D eigenvalue weighted by atomic mass is 35.5. The largest absolute Gasteiger partial charge is 0.497 e. The summed E-state index contributed by atoms with van der Waals surface area (Å²) in [5, 5.41) is 11.9. The van der Waals surface area contributed by atoms with E-state index in [9.17, 15) is 9.18 Å². The standard InChI is InChI=1S/C38H32ClFN8O3/c1-24-4-10-29(45-38(49)27-9-15-33(40)32(39)16-27)17-34(24)47-22-28(18-43-47)35-19-41-37-36(42-23-44-48(35)37)46(20-25-5-11-30(50-2)12-6-25)21-26-7-13-31(51-3)14-8-26/h4-19,22-23H,20-21H2,1-3H3,(H,45,49). The number of ether oxygens (including phenoxy) is 2. The van der Waals surface area contributed by atoms with Crippen LogP contribution in [0, 0.1) is 12.7 Å². The molecule has 13 heteroatoms. The highest BCUT2D eigenvalue weighted by Gasteiger charge is 2.20. The molecule has 0 radical (unpaired) electrons. The van der Waals surface area contributed by atoms with Gasteiger partial charge in [-0.2, -0.15) is 10.2 Å². The van der Waals surface area contributed by atoms with E-state index in [1.54, 1.807) is 41.9 Å². The zero-order valence-electron chi connectivity index (χ0n) is 27.9. The third-order valence-corrected chi connectivity index (χ3v) is 8.71. The summed E-state index contributed by atoms with van der Waals surface area (Å²) in [5.74, 6) is 1.23. The average Bonchev–Trinajstić information content (AvgIpc) is 3.82. The first-order valence-corrected chi connectivity index (χ1v) is 16.3. The second-order valence-electron chi connectivity index (χ2n) is 11.8. The molecule has 0 atom stereocenters. The topological polar surface area (TPSA) is 112 Å². The van der Waals surface area contributed by atoms with Crippen LogP contribution in [0.15, 0.2) is 110 Å². The first kappa shape index (κ1) is 33.2. The minimum atomic E-state index is -0.589. The maximum absolute atomic E-state index is 13.6. The Hall–Kier alpha value is -6.27. The molecule has 0 saturated carbocycles. The number of anilines is 2. The van der Waals surface area contributed by atoms with Gasteiger partial charge in [0.05, 0.1) is 43.0 Å². The van der Waals surface area contributed by atoms with E-state index in [4.69, 9.17) is 31.0 Å². The molecule has 0 saturated heterocycles. The van der Waals surface area contributed by atoms with Gasteiger partial charge in [-0.3, -0.25) is 4.79 Å². The molecule has 0 aliphatic carbocycles. The van der Waals surface area contributed by atoms with Gasteiger partial charge in [-0.15, -0.1) is 0 Å². The molecular formula is C38H32ClFN8O3. The van der Waals surface area contributed by atoms with Crippen LogP contribution in [0.25, 0.3) is 22.6 Å². The van der Waals surface area contributed by atoms with E-state index >= 15 is 0 Å². The van der Waals surface area contributed by atoms with Crippen molar-refractivity contribution in [2.24, 2.45) is 0 Å². The molecule has 51 heavy (non-hydrogen) atoms. The maximum Gasteiger partial charge on any atom is 0.255 e. The second-order valence-corrected chi connectivity index (χ2v) is 12.2.